The average Bonchev–Trinajstić information content (AvgIpc) is 2.29. The third kappa shape index (κ3) is 5.86. The molecule has 110 valence electrons. The van der Waals surface area contributed by atoms with Crippen LogP contribution in [0, 0.1) is 6.92 Å². The van der Waals surface area contributed by atoms with Crippen molar-refractivity contribution in [3.63, 3.8) is 0 Å². The molecule has 0 radical (unpaired) electrons. The molecule has 1 aromatic rings. The van der Waals surface area contributed by atoms with Crippen molar-refractivity contribution < 1.29 is 14.3 Å². The Morgan fingerprint density at radius 3 is 2.20 bits per heavy atom. The van der Waals surface area contributed by atoms with E-state index in [9.17, 15) is 9.59 Å². The molecule has 2 amide bonds. The lowest BCUT2D eigenvalue weighted by Crippen LogP contribution is -2.48. The maximum Gasteiger partial charge on any atom is 0.322 e. The molecule has 0 saturated carbocycles. The number of amides is 2. The molecular formula is C12H13Cl3N2O3. The van der Waals surface area contributed by atoms with Crippen molar-refractivity contribution >= 4 is 52.5 Å². The summed E-state index contributed by atoms with van der Waals surface area (Å²) in [5.41, 5.74) is 1.61. The van der Waals surface area contributed by atoms with Crippen LogP contribution >= 0.6 is 34.8 Å². The maximum absolute atomic E-state index is 11.7. The molecule has 1 aromatic carbocycles. The number of carbonyl (C=O) groups excluding carboxylic acids is 2. The summed E-state index contributed by atoms with van der Waals surface area (Å²) >= 11 is 16.9. The van der Waals surface area contributed by atoms with Gasteiger partial charge in [0.1, 0.15) is 0 Å². The van der Waals surface area contributed by atoms with Crippen LogP contribution in [0.15, 0.2) is 24.3 Å². The number of carbonyl (C=O) groups is 2. The molecule has 0 aliphatic heterocycles. The Hall–Kier alpha value is -1.17. The first-order valence-corrected chi connectivity index (χ1v) is 6.70. The van der Waals surface area contributed by atoms with E-state index in [-0.39, 0.29) is 0 Å². The molecule has 0 saturated heterocycles. The molecule has 0 aliphatic carbocycles. The Bertz CT molecular complexity index is 486. The van der Waals surface area contributed by atoms with Crippen LogP contribution in [0.3, 0.4) is 0 Å². The molecule has 8 heteroatoms. The number of hydrogen-bond acceptors (Lipinski definition) is 3. The third-order valence-corrected chi connectivity index (χ3v) is 2.75. The summed E-state index contributed by atoms with van der Waals surface area (Å²) in [7, 11) is 0. The molecule has 0 aliphatic rings. The molecule has 0 heterocycles. The second-order valence-corrected chi connectivity index (χ2v) is 6.36. The van der Waals surface area contributed by atoms with Crippen LogP contribution in [-0.4, -0.2) is 22.0 Å². The van der Waals surface area contributed by atoms with E-state index in [4.69, 9.17) is 39.5 Å². The summed E-state index contributed by atoms with van der Waals surface area (Å²) < 4.78 is 2.76. The third-order valence-electron chi connectivity index (χ3n) is 2.15. The molecule has 0 fully saturated rings. The van der Waals surface area contributed by atoms with E-state index in [1.165, 1.54) is 0 Å². The quantitative estimate of drug-likeness (QED) is 0.504. The summed E-state index contributed by atoms with van der Waals surface area (Å²) in [6, 6.07) is 6.42. The molecule has 0 bridgehead atoms. The lowest BCUT2D eigenvalue weighted by atomic mass is 10.2. The Balaban J connectivity index is 2.66. The molecule has 0 aromatic heterocycles. The Morgan fingerprint density at radius 2 is 1.75 bits per heavy atom. The minimum atomic E-state index is -1.98. The van der Waals surface area contributed by atoms with Gasteiger partial charge in [0.25, 0.3) is 0 Å². The lowest BCUT2D eigenvalue weighted by molar-refractivity contribution is -0.146. The number of nitrogens with one attached hydrogen (secondary N) is 2. The number of benzene rings is 1. The van der Waals surface area contributed by atoms with Crippen molar-refractivity contribution in [1.29, 1.82) is 0 Å². The SMILES string of the molecule is CC(=O)O[C@@H](NC(=O)Nc1ccc(C)cc1)C(Cl)(Cl)Cl. The number of rotatable bonds is 3. The van der Waals surface area contributed by atoms with E-state index in [1.807, 2.05) is 19.1 Å². The minimum Gasteiger partial charge on any atom is -0.437 e. The van der Waals surface area contributed by atoms with E-state index in [2.05, 4.69) is 10.6 Å². The zero-order valence-corrected chi connectivity index (χ0v) is 13.0. The monoisotopic (exact) mass is 338 g/mol. The van der Waals surface area contributed by atoms with Crippen molar-refractivity contribution in [3.8, 4) is 0 Å². The molecule has 2 N–H and O–H groups in total. The van der Waals surface area contributed by atoms with E-state index < -0.39 is 22.0 Å². The van der Waals surface area contributed by atoms with Gasteiger partial charge in [0.2, 0.25) is 10.0 Å². The van der Waals surface area contributed by atoms with Crippen LogP contribution in [-0.2, 0) is 9.53 Å². The first-order chi connectivity index (χ1) is 9.18. The molecule has 0 spiro atoms. The molecule has 1 atom stereocenters. The highest BCUT2D eigenvalue weighted by Crippen LogP contribution is 2.31. The fraction of sp³-hybridized carbons (Fsp3) is 0.333. The molecule has 20 heavy (non-hydrogen) atoms. The summed E-state index contributed by atoms with van der Waals surface area (Å²) in [5.74, 6) is -0.683. The second-order valence-electron chi connectivity index (χ2n) is 4.00. The predicted molar refractivity (Wildman–Crippen MR) is 79.2 cm³/mol. The molecule has 0 unspecified atom stereocenters. The van der Waals surface area contributed by atoms with E-state index in [0.717, 1.165) is 12.5 Å². The number of alkyl halides is 3. The largest absolute Gasteiger partial charge is 0.437 e. The van der Waals surface area contributed by atoms with Crippen LogP contribution in [0.5, 0.6) is 0 Å². The Morgan fingerprint density at radius 1 is 1.20 bits per heavy atom. The van der Waals surface area contributed by atoms with Crippen molar-refractivity contribution in [3.05, 3.63) is 29.8 Å². The van der Waals surface area contributed by atoms with Gasteiger partial charge in [-0.3, -0.25) is 10.1 Å². The van der Waals surface area contributed by atoms with Crippen LogP contribution < -0.4 is 10.6 Å². The van der Waals surface area contributed by atoms with Gasteiger partial charge >= 0.3 is 12.0 Å². The zero-order chi connectivity index (χ0) is 15.3. The van der Waals surface area contributed by atoms with Crippen LogP contribution in [0.25, 0.3) is 0 Å². The summed E-state index contributed by atoms with van der Waals surface area (Å²) in [5, 5.41) is 4.79. The average molecular weight is 340 g/mol. The maximum atomic E-state index is 11.7. The Labute approximate surface area is 131 Å². The van der Waals surface area contributed by atoms with Crippen LogP contribution in [0.4, 0.5) is 10.5 Å². The fourth-order valence-corrected chi connectivity index (χ4v) is 1.56. The lowest BCUT2D eigenvalue weighted by Gasteiger charge is -2.24. The minimum absolute atomic E-state index is 0.555. The van der Waals surface area contributed by atoms with Crippen molar-refractivity contribution in [2.75, 3.05) is 5.32 Å². The van der Waals surface area contributed by atoms with Gasteiger partial charge in [-0.2, -0.15) is 0 Å². The first kappa shape index (κ1) is 16.9. The van der Waals surface area contributed by atoms with Gasteiger partial charge in [-0.25, -0.2) is 4.79 Å². The smallest absolute Gasteiger partial charge is 0.322 e. The van der Waals surface area contributed by atoms with E-state index >= 15 is 0 Å². The number of ether oxygens (including phenoxy) is 1. The van der Waals surface area contributed by atoms with Crippen molar-refractivity contribution in [2.45, 2.75) is 23.9 Å². The van der Waals surface area contributed by atoms with Gasteiger partial charge in [-0.05, 0) is 19.1 Å². The van der Waals surface area contributed by atoms with Crippen molar-refractivity contribution in [2.24, 2.45) is 0 Å². The number of anilines is 1. The molecule has 1 rings (SSSR count). The highest BCUT2D eigenvalue weighted by atomic mass is 35.6. The number of hydrogen-bond donors (Lipinski definition) is 2. The first-order valence-electron chi connectivity index (χ1n) is 5.56. The second kappa shape index (κ2) is 7.02. The van der Waals surface area contributed by atoms with Gasteiger partial charge < -0.3 is 10.1 Å². The number of aryl methyl sites for hydroxylation is 1. The van der Waals surface area contributed by atoms with E-state index in [1.54, 1.807) is 12.1 Å². The van der Waals surface area contributed by atoms with Crippen LogP contribution in [0.1, 0.15) is 12.5 Å². The normalized spacial score (nSPS) is 12.4. The number of esters is 1. The van der Waals surface area contributed by atoms with Crippen molar-refractivity contribution in [1.82, 2.24) is 5.32 Å². The summed E-state index contributed by atoms with van der Waals surface area (Å²) in [6.45, 7) is 3.06. The summed E-state index contributed by atoms with van der Waals surface area (Å²) in [4.78, 5) is 22.7. The highest BCUT2D eigenvalue weighted by Gasteiger charge is 2.36. The number of urea groups is 1. The van der Waals surface area contributed by atoms with Crippen LogP contribution in [0.2, 0.25) is 0 Å². The topological polar surface area (TPSA) is 67.4 Å². The highest BCUT2D eigenvalue weighted by molar-refractivity contribution is 6.68. The standard InChI is InChI=1S/C12H13Cl3N2O3/c1-7-3-5-9(6-4-7)16-11(19)17-10(12(13,14)15)20-8(2)18/h3-6,10H,1-2H3,(H2,16,17,19)/t10-/m1/s1. The summed E-state index contributed by atoms with van der Waals surface area (Å²) in [6.07, 6.45) is -1.39. The van der Waals surface area contributed by atoms with Gasteiger partial charge in [0.05, 0.1) is 0 Å². The van der Waals surface area contributed by atoms with Gasteiger partial charge in [0, 0.05) is 12.6 Å². The fourth-order valence-electron chi connectivity index (χ4n) is 1.27. The number of halogens is 3. The van der Waals surface area contributed by atoms with Gasteiger partial charge in [-0.1, -0.05) is 52.5 Å². The van der Waals surface area contributed by atoms with E-state index in [0.29, 0.717) is 5.69 Å². The Kier molecular flexibility index (Phi) is 5.92. The van der Waals surface area contributed by atoms with Gasteiger partial charge in [-0.15, -0.1) is 0 Å². The van der Waals surface area contributed by atoms with Gasteiger partial charge in [0.15, 0.2) is 0 Å². The zero-order valence-electron chi connectivity index (χ0n) is 10.7. The predicted octanol–water partition coefficient (Wildman–Crippen LogP) is 3.38. The molecule has 5 nitrogen and oxygen atoms in total. The molecular weight excluding hydrogens is 327 g/mol.